The lowest BCUT2D eigenvalue weighted by atomic mass is 9.95. The Morgan fingerprint density at radius 1 is 1.00 bits per heavy atom. The second-order valence-electron chi connectivity index (χ2n) is 5.58. The predicted molar refractivity (Wildman–Crippen MR) is 71.6 cm³/mol. The first kappa shape index (κ1) is 14.0. The minimum atomic E-state index is 0.820. The second-order valence-corrected chi connectivity index (χ2v) is 5.58. The van der Waals surface area contributed by atoms with E-state index in [0.29, 0.717) is 0 Å². The van der Waals surface area contributed by atoms with E-state index in [-0.39, 0.29) is 0 Å². The van der Waals surface area contributed by atoms with E-state index in [2.05, 4.69) is 18.7 Å². The Morgan fingerprint density at radius 2 is 1.69 bits per heavy atom. The lowest BCUT2D eigenvalue weighted by Gasteiger charge is -2.36. The molecule has 2 unspecified atom stereocenters. The average molecular weight is 226 g/mol. The van der Waals surface area contributed by atoms with Crippen molar-refractivity contribution in [3.8, 4) is 0 Å². The van der Waals surface area contributed by atoms with Gasteiger partial charge in [-0.15, -0.1) is 0 Å². The summed E-state index contributed by atoms with van der Waals surface area (Å²) in [5.41, 5.74) is 5.49. The molecule has 2 nitrogen and oxygen atoms in total. The molecule has 1 aliphatic rings. The van der Waals surface area contributed by atoms with Crippen LogP contribution >= 0.6 is 0 Å². The summed E-state index contributed by atoms with van der Waals surface area (Å²) in [6.07, 6.45) is 9.48. The average Bonchev–Trinajstić information content (AvgIpc) is 2.28. The summed E-state index contributed by atoms with van der Waals surface area (Å²) in [5, 5.41) is 0. The molecule has 1 saturated heterocycles. The highest BCUT2D eigenvalue weighted by Gasteiger charge is 2.21. The predicted octanol–water partition coefficient (Wildman–Crippen LogP) is 3.02. The smallest absolute Gasteiger partial charge is 0.00671 e. The van der Waals surface area contributed by atoms with Crippen LogP contribution in [-0.4, -0.2) is 30.6 Å². The van der Waals surface area contributed by atoms with Gasteiger partial charge in [0.15, 0.2) is 0 Å². The van der Waals surface area contributed by atoms with Crippen molar-refractivity contribution in [2.24, 2.45) is 11.7 Å². The van der Waals surface area contributed by atoms with Gasteiger partial charge in [-0.05, 0) is 51.6 Å². The molecule has 0 aromatic carbocycles. The number of piperidine rings is 1. The summed E-state index contributed by atoms with van der Waals surface area (Å²) in [5.74, 6) is 0.911. The zero-order valence-corrected chi connectivity index (χ0v) is 11.3. The molecule has 1 rings (SSSR count). The fourth-order valence-corrected chi connectivity index (χ4v) is 2.68. The highest BCUT2D eigenvalue weighted by molar-refractivity contribution is 4.76. The first-order valence-electron chi connectivity index (χ1n) is 7.18. The number of nitrogens with zero attached hydrogens (tertiary/aromatic N) is 1. The zero-order valence-electron chi connectivity index (χ0n) is 11.3. The number of hydrogen-bond acceptors (Lipinski definition) is 2. The van der Waals surface area contributed by atoms with Crippen molar-refractivity contribution < 1.29 is 0 Å². The molecular weight excluding hydrogens is 196 g/mol. The molecule has 0 aliphatic carbocycles. The molecule has 0 spiro atoms. The molecule has 2 N–H and O–H groups in total. The van der Waals surface area contributed by atoms with Gasteiger partial charge in [0, 0.05) is 12.6 Å². The van der Waals surface area contributed by atoms with E-state index in [9.17, 15) is 0 Å². The number of hydrogen-bond donors (Lipinski definition) is 1. The fourth-order valence-electron chi connectivity index (χ4n) is 2.68. The summed E-state index contributed by atoms with van der Waals surface area (Å²) >= 11 is 0. The fraction of sp³-hybridized carbons (Fsp3) is 1.00. The van der Waals surface area contributed by atoms with Gasteiger partial charge in [-0.2, -0.15) is 0 Å². The largest absolute Gasteiger partial charge is 0.330 e. The third-order valence-corrected chi connectivity index (χ3v) is 3.90. The molecule has 16 heavy (non-hydrogen) atoms. The Hall–Kier alpha value is -0.0800. The highest BCUT2D eigenvalue weighted by Crippen LogP contribution is 2.21. The normalized spacial score (nSPS) is 27.2. The van der Waals surface area contributed by atoms with Crippen molar-refractivity contribution in [3.05, 3.63) is 0 Å². The maximum Gasteiger partial charge on any atom is 0.00671 e. The molecule has 0 radical (unpaired) electrons. The number of nitrogens with two attached hydrogens (primary N) is 1. The van der Waals surface area contributed by atoms with Crippen LogP contribution in [0.1, 0.15) is 58.8 Å². The maximum atomic E-state index is 5.49. The minimum Gasteiger partial charge on any atom is -0.330 e. The van der Waals surface area contributed by atoms with Crippen molar-refractivity contribution in [2.45, 2.75) is 64.8 Å². The van der Waals surface area contributed by atoms with E-state index in [0.717, 1.165) is 18.5 Å². The molecule has 0 bridgehead atoms. The van der Waals surface area contributed by atoms with Gasteiger partial charge in [0.1, 0.15) is 0 Å². The third-order valence-electron chi connectivity index (χ3n) is 3.90. The lowest BCUT2D eigenvalue weighted by Crippen LogP contribution is -2.41. The molecule has 1 aliphatic heterocycles. The lowest BCUT2D eigenvalue weighted by molar-refractivity contribution is 0.122. The molecule has 0 aromatic heterocycles. The summed E-state index contributed by atoms with van der Waals surface area (Å²) in [7, 11) is 0. The number of rotatable bonds is 7. The van der Waals surface area contributed by atoms with Crippen LogP contribution < -0.4 is 5.73 Å². The molecule has 96 valence electrons. The highest BCUT2D eigenvalue weighted by atomic mass is 15.2. The van der Waals surface area contributed by atoms with Crippen molar-refractivity contribution in [2.75, 3.05) is 19.6 Å². The van der Waals surface area contributed by atoms with Crippen LogP contribution in [0, 0.1) is 5.92 Å². The molecule has 0 aromatic rings. The number of unbranched alkanes of at least 4 members (excludes halogenated alkanes) is 4. The van der Waals surface area contributed by atoms with Gasteiger partial charge in [0.05, 0.1) is 0 Å². The first-order chi connectivity index (χ1) is 7.74. The Bertz CT molecular complexity index is 170. The Kier molecular flexibility index (Phi) is 7.06. The second kappa shape index (κ2) is 8.08. The van der Waals surface area contributed by atoms with E-state index in [1.165, 1.54) is 58.0 Å². The zero-order chi connectivity index (χ0) is 11.8. The molecule has 1 heterocycles. The molecule has 1 fully saturated rings. The summed E-state index contributed by atoms with van der Waals surface area (Å²) in [6, 6.07) is 0.820. The van der Waals surface area contributed by atoms with Gasteiger partial charge >= 0.3 is 0 Å². The molecule has 0 saturated carbocycles. The Labute approximate surface area is 102 Å². The van der Waals surface area contributed by atoms with Gasteiger partial charge in [0.2, 0.25) is 0 Å². The standard InChI is InChI=1S/C14H30N2/c1-13-8-9-14(2)16(12-13)11-7-5-3-4-6-10-15/h13-14H,3-12,15H2,1-2H3. The van der Waals surface area contributed by atoms with Crippen LogP contribution in [0.25, 0.3) is 0 Å². The van der Waals surface area contributed by atoms with E-state index in [1.807, 2.05) is 0 Å². The van der Waals surface area contributed by atoms with Crippen LogP contribution in [0.4, 0.5) is 0 Å². The summed E-state index contributed by atoms with van der Waals surface area (Å²) in [6.45, 7) is 8.28. The summed E-state index contributed by atoms with van der Waals surface area (Å²) in [4.78, 5) is 2.69. The van der Waals surface area contributed by atoms with Crippen LogP contribution in [0.3, 0.4) is 0 Å². The van der Waals surface area contributed by atoms with E-state index in [4.69, 9.17) is 5.73 Å². The maximum absolute atomic E-state index is 5.49. The number of likely N-dealkylation sites (tertiary alicyclic amines) is 1. The van der Waals surface area contributed by atoms with Crippen molar-refractivity contribution in [3.63, 3.8) is 0 Å². The van der Waals surface area contributed by atoms with E-state index in [1.54, 1.807) is 0 Å². The minimum absolute atomic E-state index is 0.820. The van der Waals surface area contributed by atoms with Crippen LogP contribution in [0.5, 0.6) is 0 Å². The Balaban J connectivity index is 2.02. The van der Waals surface area contributed by atoms with Crippen molar-refractivity contribution >= 4 is 0 Å². The monoisotopic (exact) mass is 226 g/mol. The van der Waals surface area contributed by atoms with Crippen LogP contribution in [-0.2, 0) is 0 Å². The molecule has 0 amide bonds. The van der Waals surface area contributed by atoms with Crippen molar-refractivity contribution in [1.82, 2.24) is 4.90 Å². The first-order valence-corrected chi connectivity index (χ1v) is 7.18. The molecular formula is C14H30N2. The van der Waals surface area contributed by atoms with Crippen LogP contribution in [0.2, 0.25) is 0 Å². The van der Waals surface area contributed by atoms with Gasteiger partial charge in [-0.25, -0.2) is 0 Å². The van der Waals surface area contributed by atoms with Gasteiger partial charge in [-0.1, -0.05) is 26.2 Å². The third kappa shape index (κ3) is 5.31. The quantitative estimate of drug-likeness (QED) is 0.676. The van der Waals surface area contributed by atoms with E-state index < -0.39 is 0 Å². The van der Waals surface area contributed by atoms with Crippen molar-refractivity contribution in [1.29, 1.82) is 0 Å². The van der Waals surface area contributed by atoms with Gasteiger partial charge < -0.3 is 10.6 Å². The molecule has 2 heteroatoms. The summed E-state index contributed by atoms with van der Waals surface area (Å²) < 4.78 is 0. The topological polar surface area (TPSA) is 29.3 Å². The van der Waals surface area contributed by atoms with Gasteiger partial charge in [0.25, 0.3) is 0 Å². The SMILES string of the molecule is CC1CCC(C)N(CCCCCCCN)C1. The van der Waals surface area contributed by atoms with Gasteiger partial charge in [-0.3, -0.25) is 0 Å². The molecule has 2 atom stereocenters. The Morgan fingerprint density at radius 3 is 2.44 bits per heavy atom. The van der Waals surface area contributed by atoms with Crippen LogP contribution in [0.15, 0.2) is 0 Å². The van der Waals surface area contributed by atoms with E-state index >= 15 is 0 Å².